The van der Waals surface area contributed by atoms with Crippen LogP contribution in [-0.4, -0.2) is 23.9 Å². The molecular formula is C11H20N4. The maximum Gasteiger partial charge on any atom is 0.169 e. The number of nitrogen functional groups attached to an aromatic ring is 1. The molecule has 1 aliphatic carbocycles. The van der Waals surface area contributed by atoms with E-state index in [9.17, 15) is 0 Å². The van der Waals surface area contributed by atoms with Gasteiger partial charge in [0.05, 0.1) is 17.9 Å². The monoisotopic (exact) mass is 208 g/mol. The standard InChI is InChI=1S/C11H20N4/c1-14(2)10-8-15(13-11(10)12)9-6-4-3-5-7-9/h8-9H,3-7H2,1-2H3,(H2,12,13). The Morgan fingerprint density at radius 2 is 2.00 bits per heavy atom. The summed E-state index contributed by atoms with van der Waals surface area (Å²) in [6.45, 7) is 0. The van der Waals surface area contributed by atoms with E-state index < -0.39 is 0 Å². The van der Waals surface area contributed by atoms with Crippen LogP contribution in [0.4, 0.5) is 11.5 Å². The normalized spacial score (nSPS) is 18.0. The summed E-state index contributed by atoms with van der Waals surface area (Å²) in [6, 6.07) is 0.565. The number of hydrogen-bond donors (Lipinski definition) is 1. The lowest BCUT2D eigenvalue weighted by Gasteiger charge is -2.21. The van der Waals surface area contributed by atoms with Gasteiger partial charge < -0.3 is 10.6 Å². The van der Waals surface area contributed by atoms with Crippen molar-refractivity contribution in [3.05, 3.63) is 6.20 Å². The first kappa shape index (κ1) is 10.3. The lowest BCUT2D eigenvalue weighted by molar-refractivity contribution is 0.330. The minimum absolute atomic E-state index is 0.565. The van der Waals surface area contributed by atoms with E-state index in [-0.39, 0.29) is 0 Å². The molecule has 84 valence electrons. The molecule has 15 heavy (non-hydrogen) atoms. The second-order valence-electron chi connectivity index (χ2n) is 4.57. The van der Waals surface area contributed by atoms with Crippen LogP contribution in [0.1, 0.15) is 38.1 Å². The Morgan fingerprint density at radius 1 is 1.33 bits per heavy atom. The van der Waals surface area contributed by atoms with E-state index in [1.165, 1.54) is 32.1 Å². The SMILES string of the molecule is CN(C)c1cn(C2CCCCC2)nc1N. The van der Waals surface area contributed by atoms with Crippen molar-refractivity contribution in [3.63, 3.8) is 0 Å². The Balaban J connectivity index is 2.17. The Hall–Kier alpha value is -1.19. The number of rotatable bonds is 2. The molecule has 0 radical (unpaired) electrons. The van der Waals surface area contributed by atoms with E-state index in [1.807, 2.05) is 19.0 Å². The summed E-state index contributed by atoms with van der Waals surface area (Å²) in [5, 5.41) is 4.41. The molecular weight excluding hydrogens is 188 g/mol. The summed E-state index contributed by atoms with van der Waals surface area (Å²) < 4.78 is 2.06. The highest BCUT2D eigenvalue weighted by atomic mass is 15.3. The Kier molecular flexibility index (Phi) is 2.84. The van der Waals surface area contributed by atoms with Gasteiger partial charge in [-0.15, -0.1) is 0 Å². The van der Waals surface area contributed by atoms with E-state index in [0.29, 0.717) is 11.9 Å². The molecule has 1 aromatic rings. The molecule has 0 spiro atoms. The number of nitrogens with two attached hydrogens (primary N) is 1. The zero-order chi connectivity index (χ0) is 10.8. The van der Waals surface area contributed by atoms with Crippen LogP contribution in [0.15, 0.2) is 6.20 Å². The van der Waals surface area contributed by atoms with Gasteiger partial charge in [0, 0.05) is 14.1 Å². The van der Waals surface area contributed by atoms with E-state index in [4.69, 9.17) is 5.73 Å². The molecule has 1 aromatic heterocycles. The minimum Gasteiger partial charge on any atom is -0.380 e. The average Bonchev–Trinajstić information content (AvgIpc) is 2.62. The van der Waals surface area contributed by atoms with Crippen molar-refractivity contribution in [2.45, 2.75) is 38.1 Å². The Morgan fingerprint density at radius 3 is 2.53 bits per heavy atom. The van der Waals surface area contributed by atoms with Gasteiger partial charge >= 0.3 is 0 Å². The molecule has 0 unspecified atom stereocenters. The van der Waals surface area contributed by atoms with Gasteiger partial charge in [-0.2, -0.15) is 5.10 Å². The molecule has 4 nitrogen and oxygen atoms in total. The third-order valence-electron chi connectivity index (χ3n) is 3.17. The second-order valence-corrected chi connectivity index (χ2v) is 4.57. The van der Waals surface area contributed by atoms with E-state index in [1.54, 1.807) is 0 Å². The summed E-state index contributed by atoms with van der Waals surface area (Å²) in [5.41, 5.74) is 6.90. The van der Waals surface area contributed by atoms with Gasteiger partial charge in [-0.25, -0.2) is 0 Å². The Labute approximate surface area is 91.1 Å². The summed E-state index contributed by atoms with van der Waals surface area (Å²) in [7, 11) is 4.00. The zero-order valence-electron chi connectivity index (χ0n) is 9.61. The first-order valence-electron chi connectivity index (χ1n) is 5.70. The van der Waals surface area contributed by atoms with Crippen LogP contribution in [0.5, 0.6) is 0 Å². The highest BCUT2D eigenvalue weighted by molar-refractivity contribution is 5.61. The topological polar surface area (TPSA) is 47.1 Å². The van der Waals surface area contributed by atoms with Gasteiger partial charge in [0.15, 0.2) is 5.82 Å². The largest absolute Gasteiger partial charge is 0.380 e. The van der Waals surface area contributed by atoms with Crippen LogP contribution in [-0.2, 0) is 0 Å². The van der Waals surface area contributed by atoms with Gasteiger partial charge in [-0.05, 0) is 12.8 Å². The van der Waals surface area contributed by atoms with Crippen LogP contribution in [0.25, 0.3) is 0 Å². The molecule has 2 rings (SSSR count). The molecule has 0 aliphatic heterocycles. The second kappa shape index (κ2) is 4.13. The van der Waals surface area contributed by atoms with E-state index in [2.05, 4.69) is 16.0 Å². The van der Waals surface area contributed by atoms with E-state index in [0.717, 1.165) is 5.69 Å². The van der Waals surface area contributed by atoms with Crippen molar-refractivity contribution in [3.8, 4) is 0 Å². The average molecular weight is 208 g/mol. The molecule has 4 heteroatoms. The first-order valence-corrected chi connectivity index (χ1v) is 5.70. The Bertz CT molecular complexity index is 323. The molecule has 0 aromatic carbocycles. The number of nitrogens with zero attached hydrogens (tertiary/aromatic N) is 3. The molecule has 1 fully saturated rings. The molecule has 0 amide bonds. The molecule has 0 atom stereocenters. The predicted octanol–water partition coefficient (Wildman–Crippen LogP) is 2.04. The maximum atomic E-state index is 5.88. The number of hydrogen-bond acceptors (Lipinski definition) is 3. The highest BCUT2D eigenvalue weighted by Gasteiger charge is 2.18. The number of anilines is 2. The van der Waals surface area contributed by atoms with Gasteiger partial charge in [-0.1, -0.05) is 19.3 Å². The molecule has 0 bridgehead atoms. The van der Waals surface area contributed by atoms with Gasteiger partial charge in [0.2, 0.25) is 0 Å². The summed E-state index contributed by atoms with van der Waals surface area (Å²) in [4.78, 5) is 2.02. The third kappa shape index (κ3) is 2.08. The van der Waals surface area contributed by atoms with Crippen LogP contribution in [0, 0.1) is 0 Å². The fraction of sp³-hybridized carbons (Fsp3) is 0.727. The summed E-state index contributed by atoms with van der Waals surface area (Å²) >= 11 is 0. The summed E-state index contributed by atoms with van der Waals surface area (Å²) in [5.74, 6) is 0.644. The third-order valence-corrected chi connectivity index (χ3v) is 3.17. The smallest absolute Gasteiger partial charge is 0.169 e. The van der Waals surface area contributed by atoms with Crippen molar-refractivity contribution < 1.29 is 0 Å². The fourth-order valence-corrected chi connectivity index (χ4v) is 2.27. The maximum absolute atomic E-state index is 5.88. The van der Waals surface area contributed by atoms with Crippen LogP contribution in [0.3, 0.4) is 0 Å². The quantitative estimate of drug-likeness (QED) is 0.809. The molecule has 1 heterocycles. The van der Waals surface area contributed by atoms with Crippen molar-refractivity contribution >= 4 is 11.5 Å². The van der Waals surface area contributed by atoms with Crippen molar-refractivity contribution in [1.29, 1.82) is 0 Å². The van der Waals surface area contributed by atoms with Gasteiger partial charge in [-0.3, -0.25) is 4.68 Å². The zero-order valence-corrected chi connectivity index (χ0v) is 9.61. The van der Waals surface area contributed by atoms with Crippen LogP contribution in [0.2, 0.25) is 0 Å². The molecule has 0 saturated heterocycles. The number of aromatic nitrogens is 2. The van der Waals surface area contributed by atoms with Crippen LogP contribution < -0.4 is 10.6 Å². The highest BCUT2D eigenvalue weighted by Crippen LogP contribution is 2.30. The first-order chi connectivity index (χ1) is 7.18. The lowest BCUT2D eigenvalue weighted by Crippen LogP contribution is -2.13. The predicted molar refractivity (Wildman–Crippen MR) is 63.1 cm³/mol. The van der Waals surface area contributed by atoms with Gasteiger partial charge in [0.1, 0.15) is 0 Å². The van der Waals surface area contributed by atoms with Crippen molar-refractivity contribution in [2.75, 3.05) is 24.7 Å². The fourth-order valence-electron chi connectivity index (χ4n) is 2.27. The van der Waals surface area contributed by atoms with E-state index >= 15 is 0 Å². The van der Waals surface area contributed by atoms with Crippen molar-refractivity contribution in [2.24, 2.45) is 0 Å². The molecule has 1 saturated carbocycles. The van der Waals surface area contributed by atoms with Gasteiger partial charge in [0.25, 0.3) is 0 Å². The van der Waals surface area contributed by atoms with Crippen LogP contribution >= 0.6 is 0 Å². The lowest BCUT2D eigenvalue weighted by atomic mass is 9.96. The minimum atomic E-state index is 0.565. The molecule has 1 aliphatic rings. The van der Waals surface area contributed by atoms with Crippen molar-refractivity contribution in [1.82, 2.24) is 9.78 Å². The summed E-state index contributed by atoms with van der Waals surface area (Å²) in [6.07, 6.45) is 8.57. The molecule has 2 N–H and O–H groups in total.